The fourth-order valence-corrected chi connectivity index (χ4v) is 1.47. The lowest BCUT2D eigenvalue weighted by Crippen LogP contribution is -1.93. The second-order valence-electron chi connectivity index (χ2n) is 2.47. The largest absolute Gasteiger partial charge is 0.323 e. The Balaban J connectivity index is 3.12. The molecule has 0 radical (unpaired) electrons. The van der Waals surface area contributed by atoms with Gasteiger partial charge >= 0.3 is 0 Å². The number of benzene rings is 1. The van der Waals surface area contributed by atoms with Crippen LogP contribution in [-0.2, 0) is 6.42 Å². The van der Waals surface area contributed by atoms with E-state index in [1.807, 2.05) is 12.1 Å². The number of nitrogens with zero attached hydrogens (tertiary/aromatic N) is 1. The van der Waals surface area contributed by atoms with Crippen LogP contribution in [-0.4, -0.2) is 6.21 Å². The quantitative estimate of drug-likeness (QED) is 0.470. The first-order valence-electron chi connectivity index (χ1n) is 3.79. The second-order valence-corrected chi connectivity index (χ2v) is 3.39. The molecule has 12 heavy (non-hydrogen) atoms. The zero-order valence-electron chi connectivity index (χ0n) is 6.92. The van der Waals surface area contributed by atoms with Crippen molar-refractivity contribution < 1.29 is 0 Å². The van der Waals surface area contributed by atoms with Crippen LogP contribution >= 0.6 is 15.9 Å². The van der Waals surface area contributed by atoms with Gasteiger partial charge in [-0.2, -0.15) is 5.10 Å². The Bertz CT molecular complexity index is 295. The minimum absolute atomic E-state index is 0.995. The Morgan fingerprint density at radius 2 is 2.33 bits per heavy atom. The molecule has 0 spiro atoms. The van der Waals surface area contributed by atoms with Crippen molar-refractivity contribution in [1.82, 2.24) is 0 Å². The summed E-state index contributed by atoms with van der Waals surface area (Å²) in [6.07, 6.45) is 2.66. The predicted octanol–water partition coefficient (Wildman–Crippen LogP) is 2.30. The summed E-state index contributed by atoms with van der Waals surface area (Å²) in [7, 11) is 0. The molecule has 0 unspecified atom stereocenters. The van der Waals surface area contributed by atoms with Gasteiger partial charge in [-0.15, -0.1) is 0 Å². The second kappa shape index (κ2) is 4.26. The first kappa shape index (κ1) is 9.26. The van der Waals surface area contributed by atoms with E-state index in [0.717, 1.165) is 16.5 Å². The van der Waals surface area contributed by atoms with E-state index in [-0.39, 0.29) is 0 Å². The maximum atomic E-state index is 5.09. The van der Waals surface area contributed by atoms with Crippen LogP contribution in [0.25, 0.3) is 0 Å². The molecule has 0 aliphatic heterocycles. The normalized spacial score (nSPS) is 10.8. The van der Waals surface area contributed by atoms with Gasteiger partial charge in [0.15, 0.2) is 0 Å². The van der Waals surface area contributed by atoms with Gasteiger partial charge in [-0.05, 0) is 29.7 Å². The molecule has 0 saturated carbocycles. The Labute approximate surface area is 80.6 Å². The molecule has 0 fully saturated rings. The third-order valence-corrected chi connectivity index (χ3v) is 2.20. The molecule has 1 rings (SSSR count). The van der Waals surface area contributed by atoms with E-state index in [4.69, 9.17) is 5.84 Å². The van der Waals surface area contributed by atoms with Crippen molar-refractivity contribution in [2.45, 2.75) is 13.3 Å². The van der Waals surface area contributed by atoms with Crippen molar-refractivity contribution in [3.05, 3.63) is 33.8 Å². The summed E-state index contributed by atoms with van der Waals surface area (Å²) < 4.78 is 1.05. The van der Waals surface area contributed by atoms with Crippen molar-refractivity contribution in [3.8, 4) is 0 Å². The van der Waals surface area contributed by atoms with Crippen molar-refractivity contribution in [2.24, 2.45) is 10.9 Å². The smallest absolute Gasteiger partial charge is 0.0541 e. The lowest BCUT2D eigenvalue weighted by atomic mass is 10.1. The third-order valence-electron chi connectivity index (χ3n) is 1.70. The maximum absolute atomic E-state index is 5.09. The zero-order valence-corrected chi connectivity index (χ0v) is 8.51. The van der Waals surface area contributed by atoms with E-state index >= 15 is 0 Å². The maximum Gasteiger partial charge on any atom is 0.0541 e. The SMILES string of the molecule is CCc1ccc(Br)cc1C=NN. The van der Waals surface area contributed by atoms with Gasteiger partial charge in [-0.1, -0.05) is 28.9 Å². The van der Waals surface area contributed by atoms with E-state index in [1.165, 1.54) is 5.56 Å². The average molecular weight is 227 g/mol. The Morgan fingerprint density at radius 1 is 1.58 bits per heavy atom. The number of halogens is 1. The Kier molecular flexibility index (Phi) is 3.29. The van der Waals surface area contributed by atoms with Crippen LogP contribution in [0.5, 0.6) is 0 Å². The van der Waals surface area contributed by atoms with Crippen molar-refractivity contribution in [1.29, 1.82) is 0 Å². The molecule has 1 aromatic carbocycles. The van der Waals surface area contributed by atoms with Crippen LogP contribution in [0, 0.1) is 0 Å². The average Bonchev–Trinajstić information content (AvgIpc) is 2.05. The van der Waals surface area contributed by atoms with E-state index in [2.05, 4.69) is 34.0 Å². The highest BCUT2D eigenvalue weighted by Gasteiger charge is 1.97. The van der Waals surface area contributed by atoms with Crippen molar-refractivity contribution >= 4 is 22.1 Å². The number of hydrazone groups is 1. The topological polar surface area (TPSA) is 38.4 Å². The van der Waals surface area contributed by atoms with Crippen molar-refractivity contribution in [3.63, 3.8) is 0 Å². The molecule has 1 aromatic rings. The molecule has 64 valence electrons. The third kappa shape index (κ3) is 2.08. The number of hydrogen-bond acceptors (Lipinski definition) is 2. The van der Waals surface area contributed by atoms with E-state index in [0.29, 0.717) is 0 Å². The monoisotopic (exact) mass is 226 g/mol. The first-order chi connectivity index (χ1) is 5.77. The van der Waals surface area contributed by atoms with E-state index in [9.17, 15) is 0 Å². The van der Waals surface area contributed by atoms with Gasteiger partial charge in [-0.25, -0.2) is 0 Å². The summed E-state index contributed by atoms with van der Waals surface area (Å²) in [5.41, 5.74) is 2.33. The fraction of sp³-hybridized carbons (Fsp3) is 0.222. The summed E-state index contributed by atoms with van der Waals surface area (Å²) in [6, 6.07) is 6.10. The molecule has 0 saturated heterocycles. The van der Waals surface area contributed by atoms with Crippen LogP contribution in [0.2, 0.25) is 0 Å². The molecular formula is C9H11BrN2. The molecular weight excluding hydrogens is 216 g/mol. The molecule has 0 heterocycles. The first-order valence-corrected chi connectivity index (χ1v) is 4.59. The van der Waals surface area contributed by atoms with Crippen LogP contribution in [0.1, 0.15) is 18.1 Å². The zero-order chi connectivity index (χ0) is 8.97. The van der Waals surface area contributed by atoms with Crippen LogP contribution in [0.4, 0.5) is 0 Å². The Hall–Kier alpha value is -0.830. The van der Waals surface area contributed by atoms with Gasteiger partial charge in [-0.3, -0.25) is 0 Å². The van der Waals surface area contributed by atoms with Crippen LogP contribution in [0.3, 0.4) is 0 Å². The molecule has 0 atom stereocenters. The molecule has 2 nitrogen and oxygen atoms in total. The van der Waals surface area contributed by atoms with E-state index in [1.54, 1.807) is 6.21 Å². The molecule has 0 aromatic heterocycles. The van der Waals surface area contributed by atoms with Gasteiger partial charge in [0.1, 0.15) is 0 Å². The van der Waals surface area contributed by atoms with Gasteiger partial charge in [0.2, 0.25) is 0 Å². The van der Waals surface area contributed by atoms with Crippen LogP contribution in [0.15, 0.2) is 27.8 Å². The highest BCUT2D eigenvalue weighted by Crippen LogP contribution is 2.15. The van der Waals surface area contributed by atoms with Gasteiger partial charge in [0.25, 0.3) is 0 Å². The molecule has 0 aliphatic rings. The summed E-state index contributed by atoms with van der Waals surface area (Å²) in [5.74, 6) is 5.09. The minimum Gasteiger partial charge on any atom is -0.323 e. The molecule has 0 aliphatic carbocycles. The molecule has 0 bridgehead atoms. The number of nitrogens with two attached hydrogens (primary N) is 1. The standard InChI is InChI=1S/C9H11BrN2/c1-2-7-3-4-9(10)5-8(7)6-12-11/h3-6H,2,11H2,1H3. The summed E-state index contributed by atoms with van der Waals surface area (Å²) >= 11 is 3.39. The fourth-order valence-electron chi connectivity index (χ4n) is 1.09. The summed E-state index contributed by atoms with van der Waals surface area (Å²) in [6.45, 7) is 2.11. The van der Waals surface area contributed by atoms with Crippen molar-refractivity contribution in [2.75, 3.05) is 0 Å². The Morgan fingerprint density at radius 3 is 2.92 bits per heavy atom. The number of hydrogen-bond donors (Lipinski definition) is 1. The summed E-state index contributed by atoms with van der Waals surface area (Å²) in [4.78, 5) is 0. The molecule has 2 N–H and O–H groups in total. The predicted molar refractivity (Wildman–Crippen MR) is 55.3 cm³/mol. The highest BCUT2D eigenvalue weighted by molar-refractivity contribution is 9.10. The molecule has 0 amide bonds. The highest BCUT2D eigenvalue weighted by atomic mass is 79.9. The lowest BCUT2D eigenvalue weighted by molar-refractivity contribution is 1.13. The summed E-state index contributed by atoms with van der Waals surface area (Å²) in [5, 5.41) is 3.51. The lowest BCUT2D eigenvalue weighted by Gasteiger charge is -2.02. The molecule has 3 heteroatoms. The van der Waals surface area contributed by atoms with Gasteiger partial charge in [0, 0.05) is 4.47 Å². The van der Waals surface area contributed by atoms with E-state index < -0.39 is 0 Å². The van der Waals surface area contributed by atoms with Crippen LogP contribution < -0.4 is 5.84 Å². The number of aryl methyl sites for hydroxylation is 1. The number of rotatable bonds is 2. The van der Waals surface area contributed by atoms with Gasteiger partial charge < -0.3 is 5.84 Å². The van der Waals surface area contributed by atoms with Gasteiger partial charge in [0.05, 0.1) is 6.21 Å². The minimum atomic E-state index is 0.995.